The molecule has 2 aromatic rings. The molecule has 5 heteroatoms. The fourth-order valence-electron chi connectivity index (χ4n) is 2.47. The van der Waals surface area contributed by atoms with E-state index in [4.69, 9.17) is 10.5 Å². The van der Waals surface area contributed by atoms with Gasteiger partial charge in [-0.05, 0) is 43.5 Å². The van der Waals surface area contributed by atoms with E-state index in [1.165, 1.54) is 18.4 Å². The molecule has 0 aliphatic heterocycles. The fourth-order valence-corrected chi connectivity index (χ4v) is 2.47. The molecule has 0 heterocycles. The van der Waals surface area contributed by atoms with Crippen molar-refractivity contribution < 1.29 is 4.74 Å². The topological polar surface area (TPSA) is 50.9 Å². The summed E-state index contributed by atoms with van der Waals surface area (Å²) in [5.74, 6) is 2.26. The van der Waals surface area contributed by atoms with Crippen LogP contribution in [-0.4, -0.2) is 23.9 Å². The van der Waals surface area contributed by atoms with Crippen molar-refractivity contribution in [3.8, 4) is 11.5 Å². The predicted molar refractivity (Wildman–Crippen MR) is 109 cm³/mol. The molecule has 1 aliphatic carbocycles. The highest BCUT2D eigenvalue weighted by Gasteiger charge is 2.27. The number of guanidine groups is 1. The second-order valence-electron chi connectivity index (χ2n) is 6.04. The normalized spacial score (nSPS) is 14.0. The van der Waals surface area contributed by atoms with Crippen molar-refractivity contribution in [1.29, 1.82) is 0 Å². The predicted octanol–water partition coefficient (Wildman–Crippen LogP) is 4.31. The number of aryl methyl sites for hydroxylation is 1. The minimum Gasteiger partial charge on any atom is -0.457 e. The molecule has 0 saturated heterocycles. The molecule has 0 unspecified atom stereocenters. The zero-order chi connectivity index (χ0) is 16.2. The van der Waals surface area contributed by atoms with Crippen LogP contribution in [0.2, 0.25) is 0 Å². The summed E-state index contributed by atoms with van der Waals surface area (Å²) in [6.45, 7) is 2.57. The Balaban J connectivity index is 0.00000208. The summed E-state index contributed by atoms with van der Waals surface area (Å²) in [4.78, 5) is 6.58. The van der Waals surface area contributed by atoms with Gasteiger partial charge in [0.15, 0.2) is 5.96 Å². The number of aliphatic imine (C=N–C) groups is 1. The molecule has 2 N–H and O–H groups in total. The Morgan fingerprint density at radius 3 is 2.67 bits per heavy atom. The van der Waals surface area contributed by atoms with Crippen LogP contribution in [0.25, 0.3) is 0 Å². The minimum absolute atomic E-state index is 0. The molecule has 0 spiro atoms. The molecule has 3 rings (SSSR count). The van der Waals surface area contributed by atoms with Gasteiger partial charge < -0.3 is 15.4 Å². The van der Waals surface area contributed by atoms with E-state index in [0.29, 0.717) is 18.5 Å². The van der Waals surface area contributed by atoms with Crippen LogP contribution >= 0.6 is 24.0 Å². The van der Waals surface area contributed by atoms with Crippen LogP contribution < -0.4 is 10.5 Å². The van der Waals surface area contributed by atoms with Gasteiger partial charge in [-0.3, -0.25) is 0 Å². The monoisotopic (exact) mass is 437 g/mol. The van der Waals surface area contributed by atoms with Crippen molar-refractivity contribution in [2.24, 2.45) is 10.7 Å². The Morgan fingerprint density at radius 1 is 1.21 bits per heavy atom. The summed E-state index contributed by atoms with van der Waals surface area (Å²) in [6, 6.07) is 16.6. The molecular formula is C19H24IN3O. The highest BCUT2D eigenvalue weighted by Crippen LogP contribution is 2.27. The van der Waals surface area contributed by atoms with Crippen molar-refractivity contribution in [2.45, 2.75) is 32.4 Å². The first kappa shape index (κ1) is 18.6. The molecular weight excluding hydrogens is 413 g/mol. The lowest BCUT2D eigenvalue weighted by Crippen LogP contribution is -2.35. The van der Waals surface area contributed by atoms with Crippen LogP contribution in [0.4, 0.5) is 0 Å². The summed E-state index contributed by atoms with van der Waals surface area (Å²) < 4.78 is 6.02. The van der Waals surface area contributed by atoms with Gasteiger partial charge in [0.05, 0.1) is 6.54 Å². The summed E-state index contributed by atoms with van der Waals surface area (Å²) in [5, 5.41) is 0. The molecule has 2 aromatic carbocycles. The number of nitrogens with zero attached hydrogens (tertiary/aromatic N) is 2. The van der Waals surface area contributed by atoms with Crippen molar-refractivity contribution in [2.75, 3.05) is 7.05 Å². The van der Waals surface area contributed by atoms with Gasteiger partial charge in [0.25, 0.3) is 0 Å². The minimum atomic E-state index is 0. The van der Waals surface area contributed by atoms with Crippen LogP contribution in [0, 0.1) is 6.92 Å². The molecule has 4 nitrogen and oxygen atoms in total. The van der Waals surface area contributed by atoms with E-state index in [2.05, 4.69) is 22.9 Å². The second kappa shape index (κ2) is 8.37. The summed E-state index contributed by atoms with van der Waals surface area (Å²) >= 11 is 0. The first-order chi connectivity index (χ1) is 11.1. The van der Waals surface area contributed by atoms with E-state index < -0.39 is 0 Å². The SMILES string of the molecule is Cc1cccc(Oc2ccccc2CN=C(N)N(C)C2CC2)c1.I. The number of nitrogens with two attached hydrogens (primary N) is 1. The molecule has 128 valence electrons. The maximum absolute atomic E-state index is 6.06. The average Bonchev–Trinajstić information content (AvgIpc) is 3.38. The van der Waals surface area contributed by atoms with Crippen LogP contribution in [0.15, 0.2) is 53.5 Å². The number of halogens is 1. The lowest BCUT2D eigenvalue weighted by atomic mass is 10.2. The maximum Gasteiger partial charge on any atom is 0.191 e. The highest BCUT2D eigenvalue weighted by atomic mass is 127. The Kier molecular flexibility index (Phi) is 6.48. The summed E-state index contributed by atoms with van der Waals surface area (Å²) in [6.07, 6.45) is 2.42. The Labute approximate surface area is 160 Å². The quantitative estimate of drug-likeness (QED) is 0.431. The zero-order valence-electron chi connectivity index (χ0n) is 14.1. The van der Waals surface area contributed by atoms with Crippen LogP contribution in [0.5, 0.6) is 11.5 Å². The van der Waals surface area contributed by atoms with E-state index in [1.807, 2.05) is 49.5 Å². The Hall–Kier alpha value is -1.76. The molecule has 0 atom stereocenters. The number of hydrogen-bond acceptors (Lipinski definition) is 2. The van der Waals surface area contributed by atoms with Gasteiger partial charge in [-0.1, -0.05) is 30.3 Å². The molecule has 24 heavy (non-hydrogen) atoms. The van der Waals surface area contributed by atoms with E-state index in [-0.39, 0.29) is 24.0 Å². The van der Waals surface area contributed by atoms with Gasteiger partial charge >= 0.3 is 0 Å². The third-order valence-electron chi connectivity index (χ3n) is 4.06. The first-order valence-corrected chi connectivity index (χ1v) is 7.98. The van der Waals surface area contributed by atoms with Gasteiger partial charge in [-0.25, -0.2) is 4.99 Å². The Morgan fingerprint density at radius 2 is 1.96 bits per heavy atom. The first-order valence-electron chi connectivity index (χ1n) is 7.98. The van der Waals surface area contributed by atoms with Crippen LogP contribution in [0.3, 0.4) is 0 Å². The number of para-hydroxylation sites is 1. The smallest absolute Gasteiger partial charge is 0.191 e. The molecule has 0 aromatic heterocycles. The van der Waals surface area contributed by atoms with Crippen molar-refractivity contribution in [3.63, 3.8) is 0 Å². The number of hydrogen-bond donors (Lipinski definition) is 1. The number of benzene rings is 2. The zero-order valence-corrected chi connectivity index (χ0v) is 16.4. The lowest BCUT2D eigenvalue weighted by molar-refractivity contribution is 0.473. The van der Waals surface area contributed by atoms with E-state index in [1.54, 1.807) is 0 Å². The largest absolute Gasteiger partial charge is 0.457 e. The Bertz CT molecular complexity index is 713. The average molecular weight is 437 g/mol. The maximum atomic E-state index is 6.06. The van der Waals surface area contributed by atoms with E-state index in [9.17, 15) is 0 Å². The second-order valence-corrected chi connectivity index (χ2v) is 6.04. The number of rotatable bonds is 5. The van der Waals surface area contributed by atoms with Crippen LogP contribution in [0.1, 0.15) is 24.0 Å². The van der Waals surface area contributed by atoms with Crippen molar-refractivity contribution in [1.82, 2.24) is 4.90 Å². The third-order valence-corrected chi connectivity index (χ3v) is 4.06. The molecule has 1 aliphatic rings. The van der Waals surface area contributed by atoms with Gasteiger partial charge in [0, 0.05) is 18.7 Å². The van der Waals surface area contributed by atoms with Crippen molar-refractivity contribution >= 4 is 29.9 Å². The lowest BCUT2D eigenvalue weighted by Gasteiger charge is -2.17. The molecule has 0 amide bonds. The van der Waals surface area contributed by atoms with Crippen LogP contribution in [-0.2, 0) is 6.54 Å². The van der Waals surface area contributed by atoms with Gasteiger partial charge in [-0.2, -0.15) is 0 Å². The van der Waals surface area contributed by atoms with Gasteiger partial charge in [0.2, 0.25) is 0 Å². The molecule has 0 bridgehead atoms. The number of ether oxygens (including phenoxy) is 1. The summed E-state index contributed by atoms with van der Waals surface area (Å²) in [5.41, 5.74) is 8.27. The van der Waals surface area contributed by atoms with Crippen molar-refractivity contribution in [3.05, 3.63) is 59.7 Å². The fraction of sp³-hybridized carbons (Fsp3) is 0.316. The third kappa shape index (κ3) is 4.87. The molecule has 1 saturated carbocycles. The van der Waals surface area contributed by atoms with E-state index >= 15 is 0 Å². The standard InChI is InChI=1S/C19H23N3O.HI/c1-14-6-5-8-17(12-14)23-18-9-4-3-7-15(18)13-21-19(20)22(2)16-10-11-16;/h3-9,12,16H,10-11,13H2,1-2H3,(H2,20,21);1H. The van der Waals surface area contributed by atoms with E-state index in [0.717, 1.165) is 17.1 Å². The highest BCUT2D eigenvalue weighted by molar-refractivity contribution is 14.0. The molecule has 0 radical (unpaired) electrons. The molecule has 1 fully saturated rings. The van der Waals surface area contributed by atoms with Gasteiger partial charge in [0.1, 0.15) is 11.5 Å². The van der Waals surface area contributed by atoms with Gasteiger partial charge in [-0.15, -0.1) is 24.0 Å². The summed E-state index contributed by atoms with van der Waals surface area (Å²) in [7, 11) is 2.01.